The largest absolute Gasteiger partial charge is 0.460 e. The van der Waals surface area contributed by atoms with Gasteiger partial charge in [0, 0.05) is 6.42 Å². The second kappa shape index (κ2) is 5.14. The Morgan fingerprint density at radius 2 is 1.86 bits per heavy atom. The van der Waals surface area contributed by atoms with Crippen molar-refractivity contribution in [2.45, 2.75) is 76.7 Å². The van der Waals surface area contributed by atoms with Gasteiger partial charge in [-0.1, -0.05) is 6.92 Å². The first-order valence-corrected chi connectivity index (χ1v) is 7.70. The van der Waals surface area contributed by atoms with Gasteiger partial charge >= 0.3 is 5.97 Å². The summed E-state index contributed by atoms with van der Waals surface area (Å²) >= 11 is 0. The number of hydrogen-bond acceptors (Lipinski definition) is 7. The summed E-state index contributed by atoms with van der Waals surface area (Å²) in [6.07, 6.45) is -0.782. The number of fused-ring (bicyclic) bond motifs is 3. The van der Waals surface area contributed by atoms with Gasteiger partial charge in [0.05, 0.1) is 6.61 Å². The molecule has 0 radical (unpaired) electrons. The predicted octanol–water partition coefficient (Wildman–Crippen LogP) is 1.34. The maximum atomic E-state index is 11.5. The van der Waals surface area contributed by atoms with E-state index >= 15 is 0 Å². The van der Waals surface area contributed by atoms with Crippen molar-refractivity contribution in [1.82, 2.24) is 0 Å². The van der Waals surface area contributed by atoms with Gasteiger partial charge in [-0.2, -0.15) is 0 Å². The van der Waals surface area contributed by atoms with Crippen molar-refractivity contribution >= 4 is 5.97 Å². The van der Waals surface area contributed by atoms with E-state index in [0.717, 1.165) is 0 Å². The van der Waals surface area contributed by atoms with Crippen LogP contribution in [0.2, 0.25) is 0 Å². The Morgan fingerprint density at radius 1 is 1.14 bits per heavy atom. The zero-order chi connectivity index (χ0) is 16.2. The monoisotopic (exact) mass is 316 g/mol. The molecule has 3 saturated heterocycles. The quantitative estimate of drug-likeness (QED) is 0.727. The Morgan fingerprint density at radius 3 is 2.55 bits per heavy atom. The molecule has 1 unspecified atom stereocenters. The SMILES string of the molecule is CCC(=O)OCC12OC[C@H]3OC(C)(C)O[C@H]3[C@@H]1OC(C)(C)O2. The molecule has 0 aromatic rings. The van der Waals surface area contributed by atoms with Crippen molar-refractivity contribution in [3.05, 3.63) is 0 Å². The maximum Gasteiger partial charge on any atom is 0.305 e. The van der Waals surface area contributed by atoms with Crippen molar-refractivity contribution in [3.63, 3.8) is 0 Å². The standard InChI is InChI=1S/C15H24O7/c1-6-10(16)17-8-15-12(21-14(4,5)22-15)11-9(7-18-15)19-13(2,3)20-11/h9,11-12H,6-8H2,1-5H3/t9-,11-,12+,15?/m1/s1. The summed E-state index contributed by atoms with van der Waals surface area (Å²) in [5.41, 5.74) is 0. The Bertz CT molecular complexity index is 461. The third-order valence-corrected chi connectivity index (χ3v) is 4.00. The first-order valence-electron chi connectivity index (χ1n) is 7.70. The van der Waals surface area contributed by atoms with Crippen molar-refractivity contribution < 1.29 is 33.2 Å². The molecule has 3 heterocycles. The molecule has 0 spiro atoms. The zero-order valence-electron chi connectivity index (χ0n) is 13.7. The number of carbonyl (C=O) groups is 1. The Balaban J connectivity index is 1.83. The molecule has 0 aromatic carbocycles. The van der Waals surface area contributed by atoms with Crippen LogP contribution in [0.15, 0.2) is 0 Å². The molecule has 126 valence electrons. The zero-order valence-corrected chi connectivity index (χ0v) is 13.7. The minimum atomic E-state index is -1.15. The highest BCUT2D eigenvalue weighted by atomic mass is 16.9. The fraction of sp³-hybridized carbons (Fsp3) is 0.933. The third kappa shape index (κ3) is 2.76. The topological polar surface area (TPSA) is 72.5 Å². The van der Waals surface area contributed by atoms with Gasteiger partial charge in [0.25, 0.3) is 0 Å². The van der Waals surface area contributed by atoms with Crippen LogP contribution in [0.3, 0.4) is 0 Å². The Hall–Kier alpha value is -0.730. The van der Waals surface area contributed by atoms with Gasteiger partial charge in [-0.25, -0.2) is 0 Å². The molecule has 22 heavy (non-hydrogen) atoms. The van der Waals surface area contributed by atoms with Crippen LogP contribution in [0.4, 0.5) is 0 Å². The minimum Gasteiger partial charge on any atom is -0.460 e. The molecule has 0 amide bonds. The summed E-state index contributed by atoms with van der Waals surface area (Å²) in [4.78, 5) is 11.5. The van der Waals surface area contributed by atoms with Crippen molar-refractivity contribution in [2.24, 2.45) is 0 Å². The number of rotatable bonds is 3. The molecule has 7 heteroatoms. The maximum absolute atomic E-state index is 11.5. The summed E-state index contributed by atoms with van der Waals surface area (Å²) in [6, 6.07) is 0. The molecule has 4 atom stereocenters. The van der Waals surface area contributed by atoms with Gasteiger partial charge in [0.2, 0.25) is 5.79 Å². The van der Waals surface area contributed by atoms with Gasteiger partial charge in [-0.3, -0.25) is 4.79 Å². The number of esters is 1. The molecule has 3 aliphatic heterocycles. The lowest BCUT2D eigenvalue weighted by molar-refractivity contribution is -0.296. The van der Waals surface area contributed by atoms with E-state index < -0.39 is 23.5 Å². The van der Waals surface area contributed by atoms with Crippen LogP contribution < -0.4 is 0 Å². The van der Waals surface area contributed by atoms with Crippen LogP contribution in [-0.2, 0) is 33.2 Å². The van der Waals surface area contributed by atoms with Crippen LogP contribution in [0.25, 0.3) is 0 Å². The lowest BCUT2D eigenvalue weighted by Gasteiger charge is -2.40. The van der Waals surface area contributed by atoms with E-state index in [0.29, 0.717) is 13.0 Å². The minimum absolute atomic E-state index is 0.0270. The van der Waals surface area contributed by atoms with E-state index in [2.05, 4.69) is 0 Å². The smallest absolute Gasteiger partial charge is 0.305 e. The molecule has 3 aliphatic rings. The molecule has 0 N–H and O–H groups in total. The van der Waals surface area contributed by atoms with E-state index in [4.69, 9.17) is 28.4 Å². The van der Waals surface area contributed by atoms with Gasteiger partial charge in [0.15, 0.2) is 11.6 Å². The highest BCUT2D eigenvalue weighted by Gasteiger charge is 2.65. The molecule has 0 bridgehead atoms. The lowest BCUT2D eigenvalue weighted by atomic mass is 9.97. The van der Waals surface area contributed by atoms with E-state index in [1.54, 1.807) is 20.8 Å². The van der Waals surface area contributed by atoms with Crippen LogP contribution in [0.5, 0.6) is 0 Å². The van der Waals surface area contributed by atoms with E-state index in [1.165, 1.54) is 0 Å². The average molecular weight is 316 g/mol. The molecule has 0 aliphatic carbocycles. The summed E-state index contributed by atoms with van der Waals surface area (Å²) in [5.74, 6) is -3.02. The van der Waals surface area contributed by atoms with Crippen LogP contribution >= 0.6 is 0 Å². The summed E-state index contributed by atoms with van der Waals surface area (Å²) in [6.45, 7) is 9.31. The fourth-order valence-corrected chi connectivity index (χ4v) is 3.23. The fourth-order valence-electron chi connectivity index (χ4n) is 3.23. The molecule has 7 nitrogen and oxygen atoms in total. The predicted molar refractivity (Wildman–Crippen MR) is 73.8 cm³/mol. The lowest BCUT2D eigenvalue weighted by Crippen LogP contribution is -2.60. The van der Waals surface area contributed by atoms with Crippen LogP contribution in [-0.4, -0.2) is 54.9 Å². The second-order valence-electron chi connectivity index (χ2n) is 6.82. The van der Waals surface area contributed by atoms with E-state index in [9.17, 15) is 4.79 Å². The number of hydrogen-bond donors (Lipinski definition) is 0. The second-order valence-corrected chi connectivity index (χ2v) is 6.82. The Kier molecular flexibility index (Phi) is 3.77. The molecule has 3 fully saturated rings. The highest BCUT2D eigenvalue weighted by molar-refractivity contribution is 5.68. The molecule has 0 aromatic heterocycles. The molecular formula is C15H24O7. The van der Waals surface area contributed by atoms with E-state index in [1.807, 2.05) is 13.8 Å². The average Bonchev–Trinajstić information content (AvgIpc) is 2.87. The normalized spacial score (nSPS) is 41.8. The highest BCUT2D eigenvalue weighted by Crippen LogP contribution is 2.47. The first kappa shape index (κ1) is 16.1. The van der Waals surface area contributed by atoms with Gasteiger partial charge in [-0.05, 0) is 27.7 Å². The van der Waals surface area contributed by atoms with Crippen molar-refractivity contribution in [3.8, 4) is 0 Å². The summed E-state index contributed by atoms with van der Waals surface area (Å²) < 4.78 is 34.9. The van der Waals surface area contributed by atoms with Gasteiger partial charge < -0.3 is 28.4 Å². The van der Waals surface area contributed by atoms with Crippen molar-refractivity contribution in [1.29, 1.82) is 0 Å². The van der Waals surface area contributed by atoms with Crippen LogP contribution in [0, 0.1) is 0 Å². The number of carbonyl (C=O) groups excluding carboxylic acids is 1. The van der Waals surface area contributed by atoms with Crippen LogP contribution in [0.1, 0.15) is 41.0 Å². The number of ether oxygens (including phenoxy) is 6. The third-order valence-electron chi connectivity index (χ3n) is 4.00. The molecular weight excluding hydrogens is 292 g/mol. The van der Waals surface area contributed by atoms with Gasteiger partial charge in [0.1, 0.15) is 24.9 Å². The molecule has 0 saturated carbocycles. The Labute approximate surface area is 130 Å². The van der Waals surface area contributed by atoms with Crippen molar-refractivity contribution in [2.75, 3.05) is 13.2 Å². The summed E-state index contributed by atoms with van der Waals surface area (Å²) in [5, 5.41) is 0. The van der Waals surface area contributed by atoms with E-state index in [-0.39, 0.29) is 24.8 Å². The van der Waals surface area contributed by atoms with Gasteiger partial charge in [-0.15, -0.1) is 0 Å². The first-order chi connectivity index (χ1) is 10.2. The molecule has 3 rings (SSSR count). The summed E-state index contributed by atoms with van der Waals surface area (Å²) in [7, 11) is 0.